The molecule has 0 aliphatic carbocycles. The van der Waals surface area contributed by atoms with Gasteiger partial charge in [0.25, 0.3) is 10.0 Å². The Morgan fingerprint density at radius 3 is 2.65 bits per heavy atom. The van der Waals surface area contributed by atoms with E-state index in [-0.39, 0.29) is 22.3 Å². The first-order valence-corrected chi connectivity index (χ1v) is 7.26. The van der Waals surface area contributed by atoms with Crippen LogP contribution >= 0.6 is 0 Å². The number of carboxylic acids is 1. The van der Waals surface area contributed by atoms with Crippen molar-refractivity contribution in [2.45, 2.75) is 24.8 Å². The van der Waals surface area contributed by atoms with Crippen molar-refractivity contribution in [2.24, 2.45) is 0 Å². The van der Waals surface area contributed by atoms with Gasteiger partial charge in [-0.25, -0.2) is 13.2 Å². The third-order valence-electron chi connectivity index (χ3n) is 2.66. The third-order valence-corrected chi connectivity index (χ3v) is 4.01. The second-order valence-electron chi connectivity index (χ2n) is 4.46. The molecular formula is C11H14N4O4S. The molecule has 2 aromatic heterocycles. The van der Waals surface area contributed by atoms with Crippen LogP contribution in [0.15, 0.2) is 29.6 Å². The van der Waals surface area contributed by atoms with Crippen molar-refractivity contribution in [3.63, 3.8) is 0 Å². The first kappa shape index (κ1) is 14.1. The van der Waals surface area contributed by atoms with Gasteiger partial charge in [-0.05, 0) is 19.9 Å². The number of hydrogen-bond acceptors (Lipinski definition) is 4. The van der Waals surface area contributed by atoms with Crippen molar-refractivity contribution in [1.82, 2.24) is 14.8 Å². The molecule has 0 radical (unpaired) electrons. The lowest BCUT2D eigenvalue weighted by Gasteiger charge is -2.09. The van der Waals surface area contributed by atoms with Gasteiger partial charge in [-0.15, -0.1) is 0 Å². The Balaban J connectivity index is 2.42. The highest BCUT2D eigenvalue weighted by atomic mass is 32.2. The summed E-state index contributed by atoms with van der Waals surface area (Å²) in [5.74, 6) is -1.18. The summed E-state index contributed by atoms with van der Waals surface area (Å²) in [4.78, 5) is 11.0. The van der Waals surface area contributed by atoms with Crippen molar-refractivity contribution in [3.8, 4) is 0 Å². The highest BCUT2D eigenvalue weighted by Crippen LogP contribution is 2.21. The smallest absolute Gasteiger partial charge is 0.352 e. The normalized spacial score (nSPS) is 11.8. The summed E-state index contributed by atoms with van der Waals surface area (Å²) in [5.41, 5.74) is 0.201. The van der Waals surface area contributed by atoms with Crippen LogP contribution in [-0.2, 0) is 10.0 Å². The first-order valence-electron chi connectivity index (χ1n) is 5.78. The summed E-state index contributed by atoms with van der Waals surface area (Å²) >= 11 is 0. The molecule has 2 rings (SSSR count). The molecule has 3 N–H and O–H groups in total. The van der Waals surface area contributed by atoms with Crippen molar-refractivity contribution in [2.75, 3.05) is 4.72 Å². The number of nitrogens with zero attached hydrogens (tertiary/aromatic N) is 2. The van der Waals surface area contributed by atoms with Gasteiger partial charge >= 0.3 is 5.97 Å². The van der Waals surface area contributed by atoms with Crippen LogP contribution < -0.4 is 4.72 Å². The summed E-state index contributed by atoms with van der Waals surface area (Å²) in [5, 5.41) is 15.2. The SMILES string of the molecule is CC(C)n1cc(S(=O)(=O)Nc2cn[nH]c2)cc1C(=O)O. The number of carbonyl (C=O) groups is 1. The van der Waals surface area contributed by atoms with E-state index in [4.69, 9.17) is 5.11 Å². The molecule has 8 nitrogen and oxygen atoms in total. The van der Waals surface area contributed by atoms with Crippen LogP contribution in [0, 0.1) is 0 Å². The molecule has 20 heavy (non-hydrogen) atoms. The fourth-order valence-electron chi connectivity index (χ4n) is 1.72. The second-order valence-corrected chi connectivity index (χ2v) is 6.14. The summed E-state index contributed by atoms with van der Waals surface area (Å²) in [7, 11) is -3.85. The zero-order chi connectivity index (χ0) is 14.9. The highest BCUT2D eigenvalue weighted by Gasteiger charge is 2.22. The molecule has 0 atom stereocenters. The van der Waals surface area contributed by atoms with Crippen molar-refractivity contribution >= 4 is 21.7 Å². The molecule has 0 fully saturated rings. The Hall–Kier alpha value is -2.29. The molecule has 0 unspecified atom stereocenters. The molecular weight excluding hydrogens is 284 g/mol. The lowest BCUT2D eigenvalue weighted by molar-refractivity contribution is 0.0683. The minimum atomic E-state index is -3.85. The first-order chi connectivity index (χ1) is 9.31. The molecule has 2 aromatic rings. The number of H-pyrrole nitrogens is 1. The van der Waals surface area contributed by atoms with Gasteiger partial charge in [-0.1, -0.05) is 0 Å². The lowest BCUT2D eigenvalue weighted by atomic mass is 10.3. The van der Waals surface area contributed by atoms with Crippen LogP contribution in [-0.4, -0.2) is 34.3 Å². The van der Waals surface area contributed by atoms with E-state index >= 15 is 0 Å². The van der Waals surface area contributed by atoms with E-state index in [0.717, 1.165) is 6.07 Å². The van der Waals surface area contributed by atoms with Gasteiger partial charge < -0.3 is 9.67 Å². The predicted octanol–water partition coefficient (Wildman–Crippen LogP) is 1.29. The van der Waals surface area contributed by atoms with Crippen LogP contribution in [0.25, 0.3) is 0 Å². The van der Waals surface area contributed by atoms with E-state index < -0.39 is 16.0 Å². The Kier molecular flexibility index (Phi) is 3.53. The standard InChI is InChI=1S/C11H14N4O4S/c1-7(2)15-6-9(3-10(15)11(16)17)20(18,19)14-8-4-12-13-5-8/h3-7,14H,1-2H3,(H,12,13)(H,16,17). The van der Waals surface area contributed by atoms with E-state index in [1.807, 2.05) is 0 Å². The number of carboxylic acid groups (broad SMARTS) is 1. The number of sulfonamides is 1. The average molecular weight is 298 g/mol. The molecule has 108 valence electrons. The molecule has 0 spiro atoms. The van der Waals surface area contributed by atoms with E-state index in [0.29, 0.717) is 0 Å². The fourth-order valence-corrected chi connectivity index (χ4v) is 2.78. The monoisotopic (exact) mass is 298 g/mol. The molecule has 0 aliphatic heterocycles. The van der Waals surface area contributed by atoms with Gasteiger partial charge in [0.2, 0.25) is 0 Å². The predicted molar refractivity (Wildman–Crippen MR) is 71.2 cm³/mol. The van der Waals surface area contributed by atoms with Crippen LogP contribution in [0.2, 0.25) is 0 Å². The Labute approximate surface area is 115 Å². The largest absolute Gasteiger partial charge is 0.477 e. The maximum atomic E-state index is 12.2. The Morgan fingerprint density at radius 1 is 1.50 bits per heavy atom. The number of nitrogens with one attached hydrogen (secondary N) is 2. The summed E-state index contributed by atoms with van der Waals surface area (Å²) in [6.45, 7) is 3.54. The lowest BCUT2D eigenvalue weighted by Crippen LogP contribution is -2.11. The minimum absolute atomic E-state index is 0.0763. The summed E-state index contributed by atoms with van der Waals surface area (Å²) in [6.07, 6.45) is 4.00. The van der Waals surface area contributed by atoms with Crippen molar-refractivity contribution < 1.29 is 18.3 Å². The van der Waals surface area contributed by atoms with Gasteiger partial charge in [0.15, 0.2) is 0 Å². The molecule has 2 heterocycles. The number of rotatable bonds is 5. The molecule has 9 heteroatoms. The maximum Gasteiger partial charge on any atom is 0.352 e. The second kappa shape index (κ2) is 5.00. The minimum Gasteiger partial charge on any atom is -0.477 e. The van der Waals surface area contributed by atoms with Gasteiger partial charge in [0.05, 0.1) is 11.9 Å². The number of hydrogen-bond donors (Lipinski definition) is 3. The van der Waals surface area contributed by atoms with E-state index in [1.165, 1.54) is 23.2 Å². The van der Waals surface area contributed by atoms with Crippen molar-refractivity contribution in [1.29, 1.82) is 0 Å². The number of aromatic amines is 1. The van der Waals surface area contributed by atoms with Gasteiger partial charge in [-0.3, -0.25) is 9.82 Å². The zero-order valence-electron chi connectivity index (χ0n) is 10.9. The van der Waals surface area contributed by atoms with E-state index in [1.54, 1.807) is 13.8 Å². The molecule has 0 saturated heterocycles. The van der Waals surface area contributed by atoms with Crippen LogP contribution in [0.5, 0.6) is 0 Å². The number of aromatic carboxylic acids is 1. The average Bonchev–Trinajstić information content (AvgIpc) is 2.95. The molecule has 0 saturated carbocycles. The van der Waals surface area contributed by atoms with Gasteiger partial charge in [0.1, 0.15) is 10.6 Å². The number of aromatic nitrogens is 3. The Bertz CT molecular complexity index is 716. The number of anilines is 1. The van der Waals surface area contributed by atoms with Crippen LogP contribution in [0.4, 0.5) is 5.69 Å². The summed E-state index contributed by atoms with van der Waals surface area (Å²) < 4.78 is 28.0. The summed E-state index contributed by atoms with van der Waals surface area (Å²) in [6, 6.07) is 0.962. The van der Waals surface area contributed by atoms with Gasteiger partial charge in [-0.2, -0.15) is 5.10 Å². The maximum absolute atomic E-state index is 12.2. The molecule has 0 bridgehead atoms. The Morgan fingerprint density at radius 2 is 2.20 bits per heavy atom. The quantitative estimate of drug-likeness (QED) is 0.769. The molecule has 0 amide bonds. The van der Waals surface area contributed by atoms with E-state index in [9.17, 15) is 13.2 Å². The van der Waals surface area contributed by atoms with Crippen LogP contribution in [0.1, 0.15) is 30.4 Å². The third kappa shape index (κ3) is 2.67. The van der Waals surface area contributed by atoms with Crippen LogP contribution in [0.3, 0.4) is 0 Å². The zero-order valence-corrected chi connectivity index (χ0v) is 11.7. The fraction of sp³-hybridized carbons (Fsp3) is 0.273. The van der Waals surface area contributed by atoms with E-state index in [2.05, 4.69) is 14.9 Å². The van der Waals surface area contributed by atoms with Gasteiger partial charge in [0, 0.05) is 18.4 Å². The topological polar surface area (TPSA) is 117 Å². The van der Waals surface area contributed by atoms with Crippen molar-refractivity contribution in [3.05, 3.63) is 30.4 Å². The molecule has 0 aliphatic rings. The highest BCUT2D eigenvalue weighted by molar-refractivity contribution is 7.92. The molecule has 0 aromatic carbocycles.